The summed E-state index contributed by atoms with van der Waals surface area (Å²) in [4.78, 5) is 25.1. The van der Waals surface area contributed by atoms with E-state index in [9.17, 15) is 9.59 Å². The van der Waals surface area contributed by atoms with Gasteiger partial charge in [-0.2, -0.15) is 0 Å². The number of likely N-dealkylation sites (tertiary alicyclic amines) is 1. The van der Waals surface area contributed by atoms with E-state index in [1.165, 1.54) is 0 Å². The van der Waals surface area contributed by atoms with Crippen molar-refractivity contribution in [2.24, 2.45) is 0 Å². The van der Waals surface area contributed by atoms with Crippen LogP contribution in [0.2, 0.25) is 0 Å². The van der Waals surface area contributed by atoms with Gasteiger partial charge in [0, 0.05) is 30.3 Å². The number of hydrogen-bond acceptors (Lipinski definition) is 4. The Kier molecular flexibility index (Phi) is 4.32. The molecular formula is C16H22N2O3. The van der Waals surface area contributed by atoms with Crippen LogP contribution in [-0.4, -0.2) is 43.0 Å². The Hall–Kier alpha value is -1.88. The SMILES string of the molecule is CN1CC(c2ccc(C=O)cc2NC(=O)OC(C)(C)C)C1. The first-order valence-corrected chi connectivity index (χ1v) is 7.06. The monoisotopic (exact) mass is 290 g/mol. The Bertz CT molecular complexity index is 543. The summed E-state index contributed by atoms with van der Waals surface area (Å²) in [6, 6.07) is 5.39. The zero-order valence-electron chi connectivity index (χ0n) is 13.0. The average molecular weight is 290 g/mol. The third-order valence-electron chi connectivity index (χ3n) is 3.35. The minimum absolute atomic E-state index is 0.376. The summed E-state index contributed by atoms with van der Waals surface area (Å²) in [6.45, 7) is 7.34. The highest BCUT2D eigenvalue weighted by atomic mass is 16.6. The van der Waals surface area contributed by atoms with Gasteiger partial charge < -0.3 is 9.64 Å². The first kappa shape index (κ1) is 15.5. The Morgan fingerprint density at radius 1 is 1.38 bits per heavy atom. The maximum absolute atomic E-state index is 11.9. The lowest BCUT2D eigenvalue weighted by Gasteiger charge is -2.37. The van der Waals surface area contributed by atoms with Crippen LogP contribution in [-0.2, 0) is 4.74 Å². The number of nitrogens with zero attached hydrogens (tertiary/aromatic N) is 1. The van der Waals surface area contributed by atoms with Crippen molar-refractivity contribution in [1.29, 1.82) is 0 Å². The van der Waals surface area contributed by atoms with Gasteiger partial charge in [-0.05, 0) is 39.4 Å². The number of carbonyl (C=O) groups excluding carboxylic acids is 2. The predicted molar refractivity (Wildman–Crippen MR) is 81.9 cm³/mol. The molecule has 1 saturated heterocycles. The van der Waals surface area contributed by atoms with Crippen LogP contribution in [0.25, 0.3) is 0 Å². The van der Waals surface area contributed by atoms with E-state index in [1.54, 1.807) is 12.1 Å². The topological polar surface area (TPSA) is 58.6 Å². The molecule has 1 heterocycles. The fourth-order valence-corrected chi connectivity index (χ4v) is 2.42. The van der Waals surface area contributed by atoms with Crippen LogP contribution in [0.15, 0.2) is 18.2 Å². The lowest BCUT2D eigenvalue weighted by Crippen LogP contribution is -2.42. The number of amides is 1. The van der Waals surface area contributed by atoms with Gasteiger partial charge in [0.1, 0.15) is 11.9 Å². The normalized spacial score (nSPS) is 16.2. The quantitative estimate of drug-likeness (QED) is 0.870. The lowest BCUT2D eigenvalue weighted by molar-refractivity contribution is 0.0635. The van der Waals surface area contributed by atoms with Crippen LogP contribution in [0.5, 0.6) is 0 Å². The van der Waals surface area contributed by atoms with Crippen molar-refractivity contribution in [2.45, 2.75) is 32.3 Å². The molecule has 21 heavy (non-hydrogen) atoms. The number of carbonyl (C=O) groups is 2. The molecule has 114 valence electrons. The van der Waals surface area contributed by atoms with E-state index in [0.717, 1.165) is 24.9 Å². The van der Waals surface area contributed by atoms with Crippen LogP contribution in [0.4, 0.5) is 10.5 Å². The van der Waals surface area contributed by atoms with Crippen molar-refractivity contribution in [3.05, 3.63) is 29.3 Å². The Morgan fingerprint density at radius 3 is 2.57 bits per heavy atom. The van der Waals surface area contributed by atoms with Gasteiger partial charge in [-0.1, -0.05) is 12.1 Å². The van der Waals surface area contributed by atoms with Gasteiger partial charge >= 0.3 is 6.09 Å². The summed E-state index contributed by atoms with van der Waals surface area (Å²) >= 11 is 0. The van der Waals surface area contributed by atoms with Crippen LogP contribution in [0, 0.1) is 0 Å². The second-order valence-electron chi connectivity index (χ2n) is 6.51. The van der Waals surface area contributed by atoms with Crippen molar-refractivity contribution >= 4 is 18.1 Å². The molecular weight excluding hydrogens is 268 g/mol. The van der Waals surface area contributed by atoms with E-state index in [4.69, 9.17) is 4.74 Å². The van der Waals surface area contributed by atoms with Crippen LogP contribution in [0.3, 0.4) is 0 Å². The molecule has 5 nitrogen and oxygen atoms in total. The minimum Gasteiger partial charge on any atom is -0.444 e. The van der Waals surface area contributed by atoms with Gasteiger partial charge in [0.25, 0.3) is 0 Å². The van der Waals surface area contributed by atoms with Crippen molar-refractivity contribution in [1.82, 2.24) is 4.90 Å². The molecule has 0 spiro atoms. The van der Waals surface area contributed by atoms with Crippen molar-refractivity contribution in [3.8, 4) is 0 Å². The van der Waals surface area contributed by atoms with Gasteiger partial charge in [-0.15, -0.1) is 0 Å². The standard InChI is InChI=1S/C16H22N2O3/c1-16(2,3)21-15(20)17-14-7-11(10-19)5-6-13(14)12-8-18(4)9-12/h5-7,10,12H,8-9H2,1-4H3,(H,17,20). The molecule has 1 aromatic carbocycles. The molecule has 1 amide bonds. The molecule has 5 heteroatoms. The highest BCUT2D eigenvalue weighted by Crippen LogP contribution is 2.32. The minimum atomic E-state index is -0.552. The second kappa shape index (κ2) is 5.85. The Labute approximate surface area is 125 Å². The van der Waals surface area contributed by atoms with Crippen molar-refractivity contribution < 1.29 is 14.3 Å². The van der Waals surface area contributed by atoms with Gasteiger partial charge in [0.2, 0.25) is 0 Å². The third kappa shape index (κ3) is 4.04. The van der Waals surface area contributed by atoms with E-state index < -0.39 is 11.7 Å². The van der Waals surface area contributed by atoms with Crippen molar-refractivity contribution in [3.63, 3.8) is 0 Å². The molecule has 0 atom stereocenters. The molecule has 0 unspecified atom stereocenters. The van der Waals surface area contributed by atoms with E-state index in [-0.39, 0.29) is 0 Å². The second-order valence-corrected chi connectivity index (χ2v) is 6.51. The highest BCUT2D eigenvalue weighted by molar-refractivity contribution is 5.88. The lowest BCUT2D eigenvalue weighted by atomic mass is 9.90. The summed E-state index contributed by atoms with van der Waals surface area (Å²) < 4.78 is 5.27. The Morgan fingerprint density at radius 2 is 2.05 bits per heavy atom. The number of hydrogen-bond donors (Lipinski definition) is 1. The van der Waals surface area contributed by atoms with Gasteiger partial charge in [-0.3, -0.25) is 10.1 Å². The summed E-state index contributed by atoms with van der Waals surface area (Å²) in [5, 5.41) is 2.77. The van der Waals surface area contributed by atoms with Crippen LogP contribution >= 0.6 is 0 Å². The summed E-state index contributed by atoms with van der Waals surface area (Å²) in [6.07, 6.45) is 0.274. The molecule has 0 aromatic heterocycles. The molecule has 0 aliphatic carbocycles. The molecule has 0 radical (unpaired) electrons. The fraction of sp³-hybridized carbons (Fsp3) is 0.500. The molecule has 2 rings (SSSR count). The predicted octanol–water partition coefficient (Wildman–Crippen LogP) is 2.88. The number of rotatable bonds is 3. The third-order valence-corrected chi connectivity index (χ3v) is 3.35. The first-order valence-electron chi connectivity index (χ1n) is 7.06. The maximum atomic E-state index is 11.9. The van der Waals surface area contributed by atoms with Crippen LogP contribution in [0.1, 0.15) is 42.6 Å². The molecule has 0 bridgehead atoms. The zero-order valence-corrected chi connectivity index (χ0v) is 13.0. The molecule has 1 fully saturated rings. The van der Waals surface area contributed by atoms with Crippen molar-refractivity contribution in [2.75, 3.05) is 25.5 Å². The largest absolute Gasteiger partial charge is 0.444 e. The molecule has 1 N–H and O–H groups in total. The number of ether oxygens (including phenoxy) is 1. The molecule has 0 saturated carbocycles. The van der Waals surface area contributed by atoms with Gasteiger partial charge in [0.05, 0.1) is 0 Å². The number of likely N-dealkylation sites (N-methyl/N-ethyl adjacent to an activating group) is 1. The van der Waals surface area contributed by atoms with E-state index in [2.05, 4.69) is 17.3 Å². The first-order chi connectivity index (χ1) is 9.78. The highest BCUT2D eigenvalue weighted by Gasteiger charge is 2.28. The molecule has 1 aliphatic rings. The summed E-state index contributed by atoms with van der Waals surface area (Å²) in [5.41, 5.74) is 1.69. The number of aldehydes is 1. The summed E-state index contributed by atoms with van der Waals surface area (Å²) in [7, 11) is 2.05. The molecule has 1 aromatic rings. The zero-order chi connectivity index (χ0) is 15.6. The number of nitrogens with one attached hydrogen (secondary N) is 1. The van der Waals surface area contributed by atoms with Gasteiger partial charge in [0.15, 0.2) is 0 Å². The average Bonchev–Trinajstić information content (AvgIpc) is 2.33. The van der Waals surface area contributed by atoms with E-state index in [0.29, 0.717) is 17.2 Å². The summed E-state index contributed by atoms with van der Waals surface area (Å²) in [5.74, 6) is 0.376. The number of benzene rings is 1. The smallest absolute Gasteiger partial charge is 0.412 e. The maximum Gasteiger partial charge on any atom is 0.412 e. The fourth-order valence-electron chi connectivity index (χ4n) is 2.42. The van der Waals surface area contributed by atoms with E-state index >= 15 is 0 Å². The van der Waals surface area contributed by atoms with E-state index in [1.807, 2.05) is 26.8 Å². The van der Waals surface area contributed by atoms with Gasteiger partial charge in [-0.25, -0.2) is 4.79 Å². The Balaban J connectivity index is 2.19. The number of anilines is 1. The van der Waals surface area contributed by atoms with Crippen LogP contribution < -0.4 is 5.32 Å². The molecule has 1 aliphatic heterocycles.